The quantitative estimate of drug-likeness (QED) is 0.523. The van der Waals surface area contributed by atoms with Gasteiger partial charge in [-0.3, -0.25) is 5.10 Å². The molecule has 5 N–H and O–H groups in total. The van der Waals surface area contributed by atoms with Crippen LogP contribution in [0.3, 0.4) is 0 Å². The third-order valence-electron chi connectivity index (χ3n) is 4.22. The first-order valence-corrected chi connectivity index (χ1v) is 8.81. The second-order valence-corrected chi connectivity index (χ2v) is 6.74. The summed E-state index contributed by atoms with van der Waals surface area (Å²) in [4.78, 5) is 12.6. The largest absolute Gasteiger partial charge is 0.368 e. The van der Waals surface area contributed by atoms with Crippen molar-refractivity contribution < 1.29 is 0 Å². The summed E-state index contributed by atoms with van der Waals surface area (Å²) in [6.45, 7) is 1.98. The van der Waals surface area contributed by atoms with Gasteiger partial charge < -0.3 is 16.4 Å². The number of hydrogen-bond donors (Lipinski definition) is 4. The number of halogens is 1. The topological polar surface area (TPSA) is 117 Å². The second kappa shape index (κ2) is 6.80. The molecule has 1 aliphatic carbocycles. The molecule has 0 bridgehead atoms. The molecule has 1 aromatic carbocycles. The molecule has 0 spiro atoms. The van der Waals surface area contributed by atoms with Gasteiger partial charge in [-0.15, -0.1) is 0 Å². The fourth-order valence-corrected chi connectivity index (χ4v) is 3.03. The summed E-state index contributed by atoms with van der Waals surface area (Å²) >= 11 is 6.25. The van der Waals surface area contributed by atoms with Crippen LogP contribution in [0.1, 0.15) is 43.0 Å². The van der Waals surface area contributed by atoms with Gasteiger partial charge in [0.15, 0.2) is 5.82 Å². The van der Waals surface area contributed by atoms with Crippen molar-refractivity contribution >= 4 is 35.3 Å². The van der Waals surface area contributed by atoms with Crippen LogP contribution in [0, 0.1) is 0 Å². The van der Waals surface area contributed by atoms with Gasteiger partial charge in [-0.2, -0.15) is 20.1 Å². The number of nitrogens with two attached hydrogens (primary N) is 1. The van der Waals surface area contributed by atoms with E-state index in [1.165, 1.54) is 12.8 Å². The number of benzene rings is 1. The van der Waals surface area contributed by atoms with Gasteiger partial charge in [-0.1, -0.05) is 29.8 Å². The van der Waals surface area contributed by atoms with E-state index in [0.29, 0.717) is 28.7 Å². The van der Waals surface area contributed by atoms with E-state index >= 15 is 0 Å². The fraction of sp³-hybridized carbons (Fsp3) is 0.294. The van der Waals surface area contributed by atoms with E-state index in [0.717, 1.165) is 11.3 Å². The number of aromatic amines is 1. The van der Waals surface area contributed by atoms with Crippen molar-refractivity contribution in [2.75, 3.05) is 16.4 Å². The first-order valence-electron chi connectivity index (χ1n) is 8.43. The monoisotopic (exact) mass is 370 g/mol. The summed E-state index contributed by atoms with van der Waals surface area (Å²) in [5.41, 5.74) is 7.90. The van der Waals surface area contributed by atoms with Gasteiger partial charge in [0.2, 0.25) is 17.8 Å². The molecule has 1 unspecified atom stereocenters. The molecule has 1 fully saturated rings. The molecule has 8 nitrogen and oxygen atoms in total. The molecule has 0 aliphatic heterocycles. The minimum atomic E-state index is -0.0924. The molecule has 0 saturated heterocycles. The summed E-state index contributed by atoms with van der Waals surface area (Å²) in [6.07, 6.45) is 2.41. The van der Waals surface area contributed by atoms with Crippen molar-refractivity contribution in [2.24, 2.45) is 0 Å². The lowest BCUT2D eigenvalue weighted by molar-refractivity contribution is 0.857. The molecule has 2 heterocycles. The third kappa shape index (κ3) is 3.70. The lowest BCUT2D eigenvalue weighted by atomic mass is 10.1. The number of rotatable bonds is 6. The van der Waals surface area contributed by atoms with Crippen LogP contribution in [0.5, 0.6) is 0 Å². The van der Waals surface area contributed by atoms with Crippen molar-refractivity contribution in [3.05, 3.63) is 46.6 Å². The number of hydrogen-bond acceptors (Lipinski definition) is 7. The third-order valence-corrected chi connectivity index (χ3v) is 4.57. The lowest BCUT2D eigenvalue weighted by Gasteiger charge is -2.16. The Morgan fingerprint density at radius 1 is 1.19 bits per heavy atom. The number of aromatic nitrogens is 5. The highest BCUT2D eigenvalue weighted by Gasteiger charge is 2.25. The summed E-state index contributed by atoms with van der Waals surface area (Å²) in [5, 5.41) is 14.2. The Morgan fingerprint density at radius 3 is 2.73 bits per heavy atom. The van der Waals surface area contributed by atoms with Crippen LogP contribution in [0.2, 0.25) is 5.02 Å². The van der Waals surface area contributed by atoms with Gasteiger partial charge in [-0.05, 0) is 31.4 Å². The SMILES string of the molecule is CC(Nc1nc(N)nc(Nc2cc(C3CC3)[nH]n2)n1)c1ccccc1Cl. The van der Waals surface area contributed by atoms with Crippen LogP contribution in [0.25, 0.3) is 0 Å². The molecule has 4 rings (SSSR count). The molecular weight excluding hydrogens is 352 g/mol. The van der Waals surface area contributed by atoms with Crippen molar-refractivity contribution in [3.63, 3.8) is 0 Å². The van der Waals surface area contributed by atoms with E-state index in [1.54, 1.807) is 0 Å². The van der Waals surface area contributed by atoms with Gasteiger partial charge in [0.05, 0.1) is 6.04 Å². The first kappa shape index (κ1) is 16.6. The fourth-order valence-electron chi connectivity index (χ4n) is 2.73. The van der Waals surface area contributed by atoms with E-state index in [-0.39, 0.29) is 12.0 Å². The van der Waals surface area contributed by atoms with Crippen LogP contribution in [0.15, 0.2) is 30.3 Å². The lowest BCUT2D eigenvalue weighted by Crippen LogP contribution is -2.13. The zero-order valence-corrected chi connectivity index (χ0v) is 15.0. The van der Waals surface area contributed by atoms with E-state index in [9.17, 15) is 0 Å². The number of nitrogens with one attached hydrogen (secondary N) is 3. The molecule has 2 aromatic heterocycles. The normalized spacial score (nSPS) is 14.8. The van der Waals surface area contributed by atoms with Crippen molar-refractivity contribution in [3.8, 4) is 0 Å². The Hall–Kier alpha value is -2.87. The van der Waals surface area contributed by atoms with Gasteiger partial charge in [0, 0.05) is 22.7 Å². The highest BCUT2D eigenvalue weighted by Crippen LogP contribution is 2.39. The highest BCUT2D eigenvalue weighted by molar-refractivity contribution is 6.31. The van der Waals surface area contributed by atoms with Gasteiger partial charge >= 0.3 is 0 Å². The predicted molar refractivity (Wildman–Crippen MR) is 102 cm³/mol. The van der Waals surface area contributed by atoms with Crippen molar-refractivity contribution in [1.29, 1.82) is 0 Å². The zero-order valence-electron chi connectivity index (χ0n) is 14.2. The molecular formula is C17H19ClN8. The standard InChI is InChI=1S/C17H19ClN8/c1-9(11-4-2-3-5-12(11)18)20-16-22-15(19)23-17(24-16)21-14-8-13(25-26-14)10-6-7-10/h2-5,8-10H,6-7H2,1H3,(H5,19,20,21,22,23,24,25,26). The maximum atomic E-state index is 6.25. The van der Waals surface area contributed by atoms with Crippen LogP contribution in [-0.2, 0) is 0 Å². The molecule has 134 valence electrons. The molecule has 1 aliphatic rings. The van der Waals surface area contributed by atoms with E-state index < -0.39 is 0 Å². The Morgan fingerprint density at radius 2 is 1.96 bits per heavy atom. The van der Waals surface area contributed by atoms with Crippen LogP contribution < -0.4 is 16.4 Å². The Bertz CT molecular complexity index is 921. The smallest absolute Gasteiger partial charge is 0.235 e. The number of nitrogens with zero attached hydrogens (tertiary/aromatic N) is 4. The van der Waals surface area contributed by atoms with Gasteiger partial charge in [0.25, 0.3) is 0 Å². The highest BCUT2D eigenvalue weighted by atomic mass is 35.5. The molecule has 26 heavy (non-hydrogen) atoms. The first-order chi connectivity index (χ1) is 12.6. The number of nitrogen functional groups attached to an aromatic ring is 1. The van der Waals surface area contributed by atoms with E-state index in [4.69, 9.17) is 17.3 Å². The second-order valence-electron chi connectivity index (χ2n) is 6.34. The summed E-state index contributed by atoms with van der Waals surface area (Å²) < 4.78 is 0. The maximum Gasteiger partial charge on any atom is 0.235 e. The summed E-state index contributed by atoms with van der Waals surface area (Å²) in [6, 6.07) is 9.50. The van der Waals surface area contributed by atoms with Crippen molar-refractivity contribution in [2.45, 2.75) is 31.7 Å². The van der Waals surface area contributed by atoms with Crippen molar-refractivity contribution in [1.82, 2.24) is 25.1 Å². The Balaban J connectivity index is 1.51. The molecule has 0 radical (unpaired) electrons. The van der Waals surface area contributed by atoms with E-state index in [2.05, 4.69) is 35.8 Å². The van der Waals surface area contributed by atoms with Crippen LogP contribution in [0.4, 0.5) is 23.7 Å². The van der Waals surface area contributed by atoms with Gasteiger partial charge in [-0.25, -0.2) is 0 Å². The number of H-pyrrole nitrogens is 1. The molecule has 0 amide bonds. The molecule has 1 atom stereocenters. The van der Waals surface area contributed by atoms with Crippen LogP contribution in [-0.4, -0.2) is 25.1 Å². The summed E-state index contributed by atoms with van der Waals surface area (Å²) in [7, 11) is 0. The maximum absolute atomic E-state index is 6.25. The minimum absolute atomic E-state index is 0.0924. The molecule has 9 heteroatoms. The average Bonchev–Trinajstić information content (AvgIpc) is 3.35. The Kier molecular flexibility index (Phi) is 4.34. The zero-order chi connectivity index (χ0) is 18.1. The average molecular weight is 371 g/mol. The minimum Gasteiger partial charge on any atom is -0.368 e. The summed E-state index contributed by atoms with van der Waals surface area (Å²) in [5.74, 6) is 2.07. The number of anilines is 4. The van der Waals surface area contributed by atoms with E-state index in [1.807, 2.05) is 37.3 Å². The van der Waals surface area contributed by atoms with Crippen LogP contribution >= 0.6 is 11.6 Å². The molecule has 3 aromatic rings. The molecule has 1 saturated carbocycles. The predicted octanol–water partition coefficient (Wildman–Crippen LogP) is 3.62. The Labute approximate surface area is 155 Å². The van der Waals surface area contributed by atoms with Gasteiger partial charge in [0.1, 0.15) is 0 Å².